The number of alkyl halides is 3. The molecule has 18 heavy (non-hydrogen) atoms. The Balaban J connectivity index is 2.56. The zero-order chi connectivity index (χ0) is 13.8. The van der Waals surface area contributed by atoms with Crippen LogP contribution in [0.25, 0.3) is 0 Å². The second kappa shape index (κ2) is 6.21. The van der Waals surface area contributed by atoms with E-state index in [1.807, 2.05) is 6.92 Å². The van der Waals surface area contributed by atoms with E-state index in [0.717, 1.165) is 0 Å². The lowest BCUT2D eigenvalue weighted by molar-refractivity contribution is -0.164. The van der Waals surface area contributed by atoms with E-state index in [2.05, 4.69) is 5.32 Å². The van der Waals surface area contributed by atoms with Crippen LogP contribution in [-0.4, -0.2) is 44.2 Å². The second-order valence-electron chi connectivity index (χ2n) is 5.54. The maximum absolute atomic E-state index is 12.6. The van der Waals surface area contributed by atoms with Crippen LogP contribution >= 0.6 is 0 Å². The van der Waals surface area contributed by atoms with E-state index in [1.54, 1.807) is 0 Å². The van der Waals surface area contributed by atoms with Crippen LogP contribution in [0.15, 0.2) is 0 Å². The SMILES string of the molecule is COCC(C)(CO)CC1CCNC(C(F)(F)F)C1. The van der Waals surface area contributed by atoms with Crippen molar-refractivity contribution in [3.8, 4) is 0 Å². The molecule has 0 saturated carbocycles. The summed E-state index contributed by atoms with van der Waals surface area (Å²) in [5.74, 6) is -0.0230. The number of nitrogens with one attached hydrogen (secondary N) is 1. The number of ether oxygens (including phenoxy) is 1. The minimum atomic E-state index is -4.18. The first-order chi connectivity index (χ1) is 8.30. The number of piperidine rings is 1. The lowest BCUT2D eigenvalue weighted by Gasteiger charge is -2.36. The van der Waals surface area contributed by atoms with Gasteiger partial charge >= 0.3 is 6.18 Å². The summed E-state index contributed by atoms with van der Waals surface area (Å²) in [6.45, 7) is 2.52. The number of hydrogen-bond donors (Lipinski definition) is 2. The van der Waals surface area contributed by atoms with Gasteiger partial charge in [-0.3, -0.25) is 0 Å². The summed E-state index contributed by atoms with van der Waals surface area (Å²) in [6.07, 6.45) is -2.82. The summed E-state index contributed by atoms with van der Waals surface area (Å²) in [6, 6.07) is -1.42. The van der Waals surface area contributed by atoms with Gasteiger partial charge in [-0.25, -0.2) is 0 Å². The molecule has 1 rings (SSSR count). The molecule has 1 heterocycles. The molecule has 1 aliphatic heterocycles. The van der Waals surface area contributed by atoms with Gasteiger partial charge in [0.05, 0.1) is 13.2 Å². The lowest BCUT2D eigenvalue weighted by Crippen LogP contribution is -2.48. The third-order valence-electron chi connectivity index (χ3n) is 3.56. The Morgan fingerprint density at radius 2 is 2.06 bits per heavy atom. The zero-order valence-electron chi connectivity index (χ0n) is 10.9. The zero-order valence-corrected chi connectivity index (χ0v) is 10.9. The van der Waals surface area contributed by atoms with Crippen molar-refractivity contribution in [2.75, 3.05) is 26.9 Å². The molecule has 2 N–H and O–H groups in total. The molecule has 108 valence electrons. The molecule has 1 fully saturated rings. The van der Waals surface area contributed by atoms with Crippen molar-refractivity contribution in [2.45, 2.75) is 38.4 Å². The van der Waals surface area contributed by atoms with Gasteiger partial charge in [0, 0.05) is 12.5 Å². The average molecular weight is 269 g/mol. The minimum absolute atomic E-state index is 0.0230. The molecular weight excluding hydrogens is 247 g/mol. The third kappa shape index (κ3) is 4.40. The molecular formula is C12H22F3NO2. The number of aliphatic hydroxyl groups excluding tert-OH is 1. The second-order valence-corrected chi connectivity index (χ2v) is 5.54. The van der Waals surface area contributed by atoms with Gasteiger partial charge < -0.3 is 15.2 Å². The molecule has 6 heteroatoms. The molecule has 0 aliphatic carbocycles. The summed E-state index contributed by atoms with van der Waals surface area (Å²) in [5, 5.41) is 11.9. The van der Waals surface area contributed by atoms with Crippen molar-refractivity contribution in [3.05, 3.63) is 0 Å². The molecule has 0 amide bonds. The summed E-state index contributed by atoms with van der Waals surface area (Å²) in [7, 11) is 1.54. The van der Waals surface area contributed by atoms with Crippen molar-refractivity contribution in [2.24, 2.45) is 11.3 Å². The molecule has 0 spiro atoms. The Hall–Kier alpha value is -0.330. The highest BCUT2D eigenvalue weighted by Crippen LogP contribution is 2.35. The normalized spacial score (nSPS) is 29.0. The van der Waals surface area contributed by atoms with Crippen LogP contribution in [0.1, 0.15) is 26.2 Å². The first-order valence-electron chi connectivity index (χ1n) is 6.20. The minimum Gasteiger partial charge on any atom is -0.396 e. The molecule has 0 aromatic rings. The first-order valence-corrected chi connectivity index (χ1v) is 6.20. The molecule has 1 aliphatic rings. The van der Waals surface area contributed by atoms with E-state index in [4.69, 9.17) is 4.74 Å². The van der Waals surface area contributed by atoms with Crippen LogP contribution in [0, 0.1) is 11.3 Å². The van der Waals surface area contributed by atoms with Crippen LogP contribution in [0.3, 0.4) is 0 Å². The highest BCUT2D eigenvalue weighted by Gasteiger charge is 2.43. The predicted molar refractivity (Wildman–Crippen MR) is 62.3 cm³/mol. The smallest absolute Gasteiger partial charge is 0.396 e. The van der Waals surface area contributed by atoms with Crippen molar-refractivity contribution < 1.29 is 23.0 Å². The largest absolute Gasteiger partial charge is 0.403 e. The van der Waals surface area contributed by atoms with E-state index in [0.29, 0.717) is 26.0 Å². The highest BCUT2D eigenvalue weighted by molar-refractivity contribution is 4.87. The lowest BCUT2D eigenvalue weighted by atomic mass is 9.77. The van der Waals surface area contributed by atoms with Crippen LogP contribution in [0.5, 0.6) is 0 Å². The Kier molecular flexibility index (Phi) is 5.43. The molecule has 0 aromatic carbocycles. The van der Waals surface area contributed by atoms with Crippen LogP contribution < -0.4 is 5.32 Å². The monoisotopic (exact) mass is 269 g/mol. The fraction of sp³-hybridized carbons (Fsp3) is 1.00. The van der Waals surface area contributed by atoms with Gasteiger partial charge in [-0.1, -0.05) is 6.92 Å². The van der Waals surface area contributed by atoms with Crippen LogP contribution in [0.2, 0.25) is 0 Å². The Morgan fingerprint density at radius 1 is 1.39 bits per heavy atom. The van der Waals surface area contributed by atoms with E-state index in [9.17, 15) is 18.3 Å². The van der Waals surface area contributed by atoms with Gasteiger partial charge in [0.2, 0.25) is 0 Å². The van der Waals surface area contributed by atoms with E-state index in [-0.39, 0.29) is 18.9 Å². The summed E-state index contributed by atoms with van der Waals surface area (Å²) >= 11 is 0. The molecule has 1 saturated heterocycles. The predicted octanol–water partition coefficient (Wildman–Crippen LogP) is 1.95. The fourth-order valence-electron chi connectivity index (χ4n) is 2.65. The summed E-state index contributed by atoms with van der Waals surface area (Å²) in [4.78, 5) is 0. The van der Waals surface area contributed by atoms with Crippen LogP contribution in [0.4, 0.5) is 13.2 Å². The molecule has 3 unspecified atom stereocenters. The number of aliphatic hydroxyl groups is 1. The Morgan fingerprint density at radius 3 is 2.56 bits per heavy atom. The van der Waals surface area contributed by atoms with E-state index >= 15 is 0 Å². The Labute approximate surface area is 106 Å². The third-order valence-corrected chi connectivity index (χ3v) is 3.56. The molecule has 3 nitrogen and oxygen atoms in total. The van der Waals surface area contributed by atoms with Crippen molar-refractivity contribution in [3.63, 3.8) is 0 Å². The van der Waals surface area contributed by atoms with Gasteiger partial charge in [0.1, 0.15) is 6.04 Å². The standard InChI is InChI=1S/C12H22F3NO2/c1-11(7-17,8-18-2)6-9-3-4-16-10(5-9)12(13,14)15/h9-10,16-17H,3-8H2,1-2H3. The van der Waals surface area contributed by atoms with Crippen molar-refractivity contribution in [1.29, 1.82) is 0 Å². The van der Waals surface area contributed by atoms with Crippen molar-refractivity contribution in [1.82, 2.24) is 5.32 Å². The van der Waals surface area contributed by atoms with Gasteiger partial charge in [0.15, 0.2) is 0 Å². The van der Waals surface area contributed by atoms with Crippen LogP contribution in [-0.2, 0) is 4.74 Å². The number of halogens is 3. The van der Waals surface area contributed by atoms with Gasteiger partial charge in [-0.05, 0) is 31.7 Å². The Bertz CT molecular complexity index is 260. The molecule has 0 aromatic heterocycles. The van der Waals surface area contributed by atoms with E-state index in [1.165, 1.54) is 7.11 Å². The highest BCUT2D eigenvalue weighted by atomic mass is 19.4. The van der Waals surface area contributed by atoms with Gasteiger partial charge in [0.25, 0.3) is 0 Å². The average Bonchev–Trinajstić information content (AvgIpc) is 2.28. The fourth-order valence-corrected chi connectivity index (χ4v) is 2.65. The summed E-state index contributed by atoms with van der Waals surface area (Å²) < 4.78 is 43.0. The quantitative estimate of drug-likeness (QED) is 0.801. The first kappa shape index (κ1) is 15.7. The van der Waals surface area contributed by atoms with Gasteiger partial charge in [-0.15, -0.1) is 0 Å². The number of hydrogen-bond acceptors (Lipinski definition) is 3. The maximum atomic E-state index is 12.6. The van der Waals surface area contributed by atoms with E-state index < -0.39 is 17.6 Å². The number of methoxy groups -OCH3 is 1. The maximum Gasteiger partial charge on any atom is 0.403 e. The topological polar surface area (TPSA) is 41.5 Å². The number of rotatable bonds is 5. The van der Waals surface area contributed by atoms with Gasteiger partial charge in [-0.2, -0.15) is 13.2 Å². The molecule has 0 radical (unpaired) electrons. The molecule has 3 atom stereocenters. The summed E-state index contributed by atoms with van der Waals surface area (Å²) in [5.41, 5.74) is -0.451. The van der Waals surface area contributed by atoms with Crippen molar-refractivity contribution >= 4 is 0 Å². The molecule has 0 bridgehead atoms.